The van der Waals surface area contributed by atoms with Crippen LogP contribution >= 0.6 is 0 Å². The van der Waals surface area contributed by atoms with Crippen LogP contribution in [0.5, 0.6) is 11.5 Å². The lowest BCUT2D eigenvalue weighted by molar-refractivity contribution is -0.131. The number of rotatable bonds is 6. The molecule has 0 bridgehead atoms. The summed E-state index contributed by atoms with van der Waals surface area (Å²) in [4.78, 5) is 17.9. The zero-order chi connectivity index (χ0) is 18.5. The number of methoxy groups -OCH3 is 2. The van der Waals surface area contributed by atoms with E-state index < -0.39 is 6.10 Å². The molecule has 136 valence electrons. The van der Waals surface area contributed by atoms with E-state index >= 15 is 0 Å². The van der Waals surface area contributed by atoms with Crippen LogP contribution in [0.3, 0.4) is 0 Å². The molecule has 2 atom stereocenters. The summed E-state index contributed by atoms with van der Waals surface area (Å²) in [6, 6.07) is 14.9. The zero-order valence-electron chi connectivity index (χ0n) is 15.1. The number of amides is 1. The second-order valence-electron chi connectivity index (χ2n) is 6.04. The van der Waals surface area contributed by atoms with E-state index in [1.54, 1.807) is 14.2 Å². The fraction of sp³-hybridized carbons (Fsp3) is 0.300. The molecule has 0 aromatic heterocycles. The van der Waals surface area contributed by atoms with Crippen LogP contribution in [0.4, 0.5) is 0 Å². The van der Waals surface area contributed by atoms with Crippen molar-refractivity contribution in [2.45, 2.75) is 25.5 Å². The van der Waals surface area contributed by atoms with E-state index in [0.29, 0.717) is 17.9 Å². The third-order valence-electron chi connectivity index (χ3n) is 4.33. The maximum absolute atomic E-state index is 12.6. The van der Waals surface area contributed by atoms with Crippen molar-refractivity contribution >= 4 is 11.6 Å². The van der Waals surface area contributed by atoms with Crippen LogP contribution in [0.15, 0.2) is 53.7 Å². The molecule has 3 rings (SSSR count). The summed E-state index contributed by atoms with van der Waals surface area (Å²) < 4.78 is 10.6. The number of oxime groups is 1. The van der Waals surface area contributed by atoms with E-state index in [4.69, 9.17) is 14.3 Å². The lowest BCUT2D eigenvalue weighted by Crippen LogP contribution is -2.36. The standard InChI is InChI=1S/C20H22N2O4/c1-13(16-11-15(24-2)9-10-18(16)25-3)21-20(23)19-12-17(22-26-19)14-7-5-4-6-8-14/h4-11,13,19H,12H2,1-3H3,(H,21,23). The molecular weight excluding hydrogens is 332 g/mol. The van der Waals surface area contributed by atoms with Crippen molar-refractivity contribution in [2.24, 2.45) is 5.16 Å². The van der Waals surface area contributed by atoms with E-state index in [2.05, 4.69) is 10.5 Å². The summed E-state index contributed by atoms with van der Waals surface area (Å²) in [7, 11) is 3.20. The zero-order valence-corrected chi connectivity index (χ0v) is 15.1. The highest BCUT2D eigenvalue weighted by Gasteiger charge is 2.30. The van der Waals surface area contributed by atoms with Crippen LogP contribution in [0.25, 0.3) is 0 Å². The number of benzene rings is 2. The minimum Gasteiger partial charge on any atom is -0.497 e. The van der Waals surface area contributed by atoms with Crippen molar-refractivity contribution < 1.29 is 19.1 Å². The number of ether oxygens (including phenoxy) is 2. The molecule has 2 aromatic rings. The lowest BCUT2D eigenvalue weighted by atomic mass is 10.0. The monoisotopic (exact) mass is 354 g/mol. The van der Waals surface area contributed by atoms with Crippen molar-refractivity contribution in [2.75, 3.05) is 14.2 Å². The van der Waals surface area contributed by atoms with E-state index in [0.717, 1.165) is 16.8 Å². The molecule has 0 aliphatic carbocycles. The Morgan fingerprint density at radius 1 is 1.19 bits per heavy atom. The van der Waals surface area contributed by atoms with Crippen LogP contribution in [0.1, 0.15) is 30.5 Å². The Morgan fingerprint density at radius 2 is 1.96 bits per heavy atom. The number of nitrogens with one attached hydrogen (secondary N) is 1. The summed E-state index contributed by atoms with van der Waals surface area (Å²) >= 11 is 0. The van der Waals surface area contributed by atoms with Crippen molar-refractivity contribution in [1.29, 1.82) is 0 Å². The molecule has 1 aliphatic rings. The predicted molar refractivity (Wildman–Crippen MR) is 98.6 cm³/mol. The summed E-state index contributed by atoms with van der Waals surface area (Å²) in [5, 5.41) is 7.02. The quantitative estimate of drug-likeness (QED) is 0.866. The molecule has 1 aliphatic heterocycles. The van der Waals surface area contributed by atoms with Gasteiger partial charge in [0.1, 0.15) is 11.5 Å². The average Bonchev–Trinajstić information content (AvgIpc) is 3.18. The molecule has 0 saturated heterocycles. The van der Waals surface area contributed by atoms with Gasteiger partial charge in [0.2, 0.25) is 6.10 Å². The molecule has 0 radical (unpaired) electrons. The normalized spacial score (nSPS) is 17.0. The fourth-order valence-corrected chi connectivity index (χ4v) is 2.88. The number of carbonyl (C=O) groups excluding carboxylic acids is 1. The first-order chi connectivity index (χ1) is 12.6. The van der Waals surface area contributed by atoms with Gasteiger partial charge in [0.25, 0.3) is 5.91 Å². The molecule has 2 aromatic carbocycles. The largest absolute Gasteiger partial charge is 0.497 e. The summed E-state index contributed by atoms with van der Waals surface area (Å²) in [6.07, 6.45) is -0.193. The van der Waals surface area contributed by atoms with Gasteiger partial charge in [0.05, 0.1) is 26.0 Å². The summed E-state index contributed by atoms with van der Waals surface area (Å²) in [6.45, 7) is 1.89. The van der Waals surface area contributed by atoms with Gasteiger partial charge in [-0.15, -0.1) is 0 Å². The second kappa shape index (κ2) is 7.91. The van der Waals surface area contributed by atoms with Crippen molar-refractivity contribution in [3.05, 3.63) is 59.7 Å². The first-order valence-corrected chi connectivity index (χ1v) is 8.42. The maximum atomic E-state index is 12.6. The Bertz CT molecular complexity index is 805. The molecule has 1 N–H and O–H groups in total. The van der Waals surface area contributed by atoms with Crippen molar-refractivity contribution in [3.63, 3.8) is 0 Å². The number of hydrogen-bond acceptors (Lipinski definition) is 5. The van der Waals surface area contributed by atoms with Gasteiger partial charge in [0.15, 0.2) is 0 Å². The van der Waals surface area contributed by atoms with Gasteiger partial charge in [-0.3, -0.25) is 4.79 Å². The molecule has 6 heteroatoms. The van der Waals surface area contributed by atoms with Crippen molar-refractivity contribution in [3.8, 4) is 11.5 Å². The topological polar surface area (TPSA) is 69.2 Å². The molecule has 1 heterocycles. The summed E-state index contributed by atoms with van der Waals surface area (Å²) in [5.74, 6) is 1.18. The van der Waals surface area contributed by atoms with Crippen LogP contribution in [-0.4, -0.2) is 31.9 Å². The van der Waals surface area contributed by atoms with Gasteiger partial charge in [-0.05, 0) is 30.7 Å². The Balaban J connectivity index is 1.66. The Kier molecular flexibility index (Phi) is 5.41. The highest BCUT2D eigenvalue weighted by molar-refractivity contribution is 6.04. The molecule has 0 saturated carbocycles. The molecule has 1 amide bonds. The second-order valence-corrected chi connectivity index (χ2v) is 6.04. The summed E-state index contributed by atoms with van der Waals surface area (Å²) in [5.41, 5.74) is 2.57. The van der Waals surface area contributed by atoms with Gasteiger partial charge < -0.3 is 19.6 Å². The SMILES string of the molecule is COc1ccc(OC)c(C(C)NC(=O)C2CC(c3ccccc3)=NO2)c1. The van der Waals surface area contributed by atoms with Crippen molar-refractivity contribution in [1.82, 2.24) is 5.32 Å². The van der Waals surface area contributed by atoms with Crippen LogP contribution in [-0.2, 0) is 9.63 Å². The molecule has 2 unspecified atom stereocenters. The Hall–Kier alpha value is -3.02. The minimum absolute atomic E-state index is 0.211. The van der Waals surface area contributed by atoms with Gasteiger partial charge in [-0.2, -0.15) is 0 Å². The number of carbonyl (C=O) groups is 1. The molecule has 26 heavy (non-hydrogen) atoms. The van der Waals surface area contributed by atoms with Crippen LogP contribution in [0, 0.1) is 0 Å². The smallest absolute Gasteiger partial charge is 0.264 e. The first kappa shape index (κ1) is 17.8. The maximum Gasteiger partial charge on any atom is 0.264 e. The lowest BCUT2D eigenvalue weighted by Gasteiger charge is -2.19. The average molecular weight is 354 g/mol. The van der Waals surface area contributed by atoms with Gasteiger partial charge in [0, 0.05) is 12.0 Å². The van der Waals surface area contributed by atoms with E-state index in [-0.39, 0.29) is 11.9 Å². The molecule has 0 fully saturated rings. The minimum atomic E-state index is -0.635. The number of nitrogens with zero attached hydrogens (tertiary/aromatic N) is 1. The van der Waals surface area contributed by atoms with Gasteiger partial charge in [-0.1, -0.05) is 35.5 Å². The van der Waals surface area contributed by atoms with Gasteiger partial charge >= 0.3 is 0 Å². The molecular formula is C20H22N2O4. The third-order valence-corrected chi connectivity index (χ3v) is 4.33. The fourth-order valence-electron chi connectivity index (χ4n) is 2.88. The molecule has 0 spiro atoms. The predicted octanol–water partition coefficient (Wildman–Crippen LogP) is 3.07. The Labute approximate surface area is 152 Å². The first-order valence-electron chi connectivity index (χ1n) is 8.42. The van der Waals surface area contributed by atoms with E-state index in [9.17, 15) is 4.79 Å². The number of hydrogen-bond donors (Lipinski definition) is 1. The van der Waals surface area contributed by atoms with E-state index in [1.165, 1.54) is 0 Å². The van der Waals surface area contributed by atoms with Gasteiger partial charge in [-0.25, -0.2) is 0 Å². The Morgan fingerprint density at radius 3 is 2.65 bits per heavy atom. The highest BCUT2D eigenvalue weighted by atomic mass is 16.6. The highest BCUT2D eigenvalue weighted by Crippen LogP contribution is 2.29. The van der Waals surface area contributed by atoms with E-state index in [1.807, 2.05) is 55.5 Å². The molecule has 6 nitrogen and oxygen atoms in total. The van der Waals surface area contributed by atoms with Crippen LogP contribution in [0.2, 0.25) is 0 Å². The van der Waals surface area contributed by atoms with Crippen LogP contribution < -0.4 is 14.8 Å². The third kappa shape index (κ3) is 3.79.